The minimum atomic E-state index is -3.78. The number of fused-ring (bicyclic) bond motifs is 1. The summed E-state index contributed by atoms with van der Waals surface area (Å²) in [6, 6.07) is 11.7. The molecule has 0 aromatic heterocycles. The number of hydrogen-bond donors (Lipinski definition) is 1. The number of nitrogens with one attached hydrogen (secondary N) is 1. The van der Waals surface area contributed by atoms with Gasteiger partial charge in [-0.05, 0) is 48.9 Å². The number of methoxy groups -OCH3 is 1. The minimum Gasteiger partial charge on any atom is -0.497 e. The summed E-state index contributed by atoms with van der Waals surface area (Å²) in [5.74, 6) is 0.664. The maximum Gasteiger partial charge on any atom is 0.265 e. The quantitative estimate of drug-likeness (QED) is 0.669. The van der Waals surface area contributed by atoms with Crippen molar-refractivity contribution in [1.29, 1.82) is 0 Å². The number of rotatable bonds is 5. The van der Waals surface area contributed by atoms with Crippen LogP contribution >= 0.6 is 0 Å². The van der Waals surface area contributed by atoms with E-state index in [-0.39, 0.29) is 42.9 Å². The lowest BCUT2D eigenvalue weighted by Gasteiger charge is -2.33. The summed E-state index contributed by atoms with van der Waals surface area (Å²) in [7, 11) is -2.19. The number of nitrogens with zero attached hydrogens (tertiary/aromatic N) is 2. The number of benzene rings is 2. The molecule has 9 nitrogen and oxygen atoms in total. The SMILES string of the molecule is COc1ccc(/C=C/C(=O)N2CCN(S(=O)(=O)c3ccc4c(c3)NC(=O)[C@H](C)O4)CC2)cc1. The van der Waals surface area contributed by atoms with Crippen molar-refractivity contribution in [3.63, 3.8) is 0 Å². The first-order chi connectivity index (χ1) is 15.8. The Morgan fingerprint density at radius 2 is 1.82 bits per heavy atom. The summed E-state index contributed by atoms with van der Waals surface area (Å²) in [6.45, 7) is 2.55. The maximum absolute atomic E-state index is 13.1. The van der Waals surface area contributed by atoms with Gasteiger partial charge >= 0.3 is 0 Å². The normalized spacial score (nSPS) is 19.0. The molecule has 0 spiro atoms. The molecule has 0 aliphatic carbocycles. The number of hydrogen-bond acceptors (Lipinski definition) is 6. The molecule has 2 heterocycles. The Morgan fingerprint density at radius 3 is 2.48 bits per heavy atom. The van der Waals surface area contributed by atoms with E-state index in [1.807, 2.05) is 24.3 Å². The zero-order chi connectivity index (χ0) is 23.6. The molecule has 10 heteroatoms. The molecule has 174 valence electrons. The summed E-state index contributed by atoms with van der Waals surface area (Å²) in [4.78, 5) is 26.1. The molecule has 1 saturated heterocycles. The van der Waals surface area contributed by atoms with Crippen LogP contribution in [0.4, 0.5) is 5.69 Å². The van der Waals surface area contributed by atoms with Crippen molar-refractivity contribution in [1.82, 2.24) is 9.21 Å². The highest BCUT2D eigenvalue weighted by Crippen LogP contribution is 2.33. The number of sulfonamides is 1. The fourth-order valence-corrected chi connectivity index (χ4v) is 5.08. The van der Waals surface area contributed by atoms with Crippen molar-refractivity contribution in [2.45, 2.75) is 17.9 Å². The summed E-state index contributed by atoms with van der Waals surface area (Å²) in [6.07, 6.45) is 2.57. The lowest BCUT2D eigenvalue weighted by atomic mass is 10.2. The first kappa shape index (κ1) is 22.8. The van der Waals surface area contributed by atoms with Gasteiger partial charge in [0.2, 0.25) is 15.9 Å². The Morgan fingerprint density at radius 1 is 1.12 bits per heavy atom. The van der Waals surface area contributed by atoms with Gasteiger partial charge in [0.1, 0.15) is 11.5 Å². The van der Waals surface area contributed by atoms with Crippen LogP contribution in [0.3, 0.4) is 0 Å². The lowest BCUT2D eigenvalue weighted by Crippen LogP contribution is -2.50. The Labute approximate surface area is 192 Å². The van der Waals surface area contributed by atoms with Crippen LogP contribution in [0.25, 0.3) is 6.08 Å². The van der Waals surface area contributed by atoms with Crippen LogP contribution in [-0.2, 0) is 19.6 Å². The number of ether oxygens (including phenoxy) is 2. The predicted octanol–water partition coefficient (Wildman–Crippen LogP) is 1.96. The zero-order valence-corrected chi connectivity index (χ0v) is 19.2. The highest BCUT2D eigenvalue weighted by molar-refractivity contribution is 7.89. The fourth-order valence-electron chi connectivity index (χ4n) is 3.63. The van der Waals surface area contributed by atoms with Gasteiger partial charge in [-0.3, -0.25) is 9.59 Å². The molecule has 0 saturated carbocycles. The van der Waals surface area contributed by atoms with Crippen LogP contribution in [0.1, 0.15) is 12.5 Å². The van der Waals surface area contributed by atoms with Gasteiger partial charge in [0.25, 0.3) is 5.91 Å². The predicted molar refractivity (Wildman–Crippen MR) is 123 cm³/mol. The summed E-state index contributed by atoms with van der Waals surface area (Å²) < 4.78 is 38.2. The van der Waals surface area contributed by atoms with Gasteiger partial charge in [-0.15, -0.1) is 0 Å². The van der Waals surface area contributed by atoms with Gasteiger partial charge in [0, 0.05) is 32.3 Å². The van der Waals surface area contributed by atoms with Crippen molar-refractivity contribution in [3.8, 4) is 11.5 Å². The Balaban J connectivity index is 1.38. The lowest BCUT2D eigenvalue weighted by molar-refractivity contribution is -0.127. The van der Waals surface area contributed by atoms with E-state index >= 15 is 0 Å². The summed E-state index contributed by atoms with van der Waals surface area (Å²) in [5.41, 5.74) is 1.19. The van der Waals surface area contributed by atoms with Crippen LogP contribution in [0, 0.1) is 0 Å². The average molecular weight is 472 g/mol. The molecule has 1 N–H and O–H groups in total. The molecule has 2 aromatic rings. The van der Waals surface area contributed by atoms with Gasteiger partial charge in [-0.2, -0.15) is 4.31 Å². The largest absolute Gasteiger partial charge is 0.497 e. The van der Waals surface area contributed by atoms with Crippen LogP contribution in [0.15, 0.2) is 53.4 Å². The fraction of sp³-hybridized carbons (Fsp3) is 0.304. The molecule has 33 heavy (non-hydrogen) atoms. The van der Waals surface area contributed by atoms with E-state index in [1.54, 1.807) is 31.1 Å². The second-order valence-corrected chi connectivity index (χ2v) is 9.68. The van der Waals surface area contributed by atoms with Gasteiger partial charge in [-0.1, -0.05) is 12.1 Å². The molecular formula is C23H25N3O6S. The molecule has 0 bridgehead atoms. The number of piperazine rings is 1. The molecule has 0 radical (unpaired) electrons. The third-order valence-electron chi connectivity index (χ3n) is 5.60. The molecule has 2 aromatic carbocycles. The van der Waals surface area contributed by atoms with Gasteiger partial charge in [-0.25, -0.2) is 8.42 Å². The van der Waals surface area contributed by atoms with E-state index in [1.165, 1.54) is 22.5 Å². The van der Waals surface area contributed by atoms with Gasteiger partial charge in [0.15, 0.2) is 6.10 Å². The van der Waals surface area contributed by atoms with Gasteiger partial charge < -0.3 is 19.7 Å². The number of carbonyl (C=O) groups excluding carboxylic acids is 2. The Bertz CT molecular complexity index is 1190. The number of amides is 2. The number of anilines is 1. The Hall–Kier alpha value is -3.37. The monoisotopic (exact) mass is 471 g/mol. The smallest absolute Gasteiger partial charge is 0.265 e. The van der Waals surface area contributed by atoms with Crippen molar-refractivity contribution < 1.29 is 27.5 Å². The van der Waals surface area contributed by atoms with Crippen molar-refractivity contribution in [2.75, 3.05) is 38.6 Å². The molecule has 2 aliphatic heterocycles. The van der Waals surface area contributed by atoms with E-state index in [9.17, 15) is 18.0 Å². The van der Waals surface area contributed by atoms with Crippen LogP contribution in [-0.4, -0.2) is 68.8 Å². The van der Waals surface area contributed by atoms with E-state index in [2.05, 4.69) is 5.32 Å². The highest BCUT2D eigenvalue weighted by atomic mass is 32.2. The molecule has 2 aliphatic rings. The topological polar surface area (TPSA) is 105 Å². The Kier molecular flexibility index (Phi) is 6.39. The average Bonchev–Trinajstić information content (AvgIpc) is 2.83. The first-order valence-corrected chi connectivity index (χ1v) is 11.9. The maximum atomic E-state index is 13.1. The summed E-state index contributed by atoms with van der Waals surface area (Å²) >= 11 is 0. The molecular weight excluding hydrogens is 446 g/mol. The number of carbonyl (C=O) groups is 2. The molecule has 1 atom stereocenters. The standard InChI is InChI=1S/C23H25N3O6S/c1-16-23(28)24-20-15-19(8-9-21(20)32-16)33(29,30)26-13-11-25(12-14-26)22(27)10-5-17-3-6-18(31-2)7-4-17/h3-10,15-16H,11-14H2,1-2H3,(H,24,28)/b10-5+/t16-/m0/s1. The second-order valence-electron chi connectivity index (χ2n) is 7.74. The third-order valence-corrected chi connectivity index (χ3v) is 7.50. The van der Waals surface area contributed by atoms with Gasteiger partial charge in [0.05, 0.1) is 17.7 Å². The highest BCUT2D eigenvalue weighted by Gasteiger charge is 2.31. The molecule has 4 rings (SSSR count). The van der Waals surface area contributed by atoms with E-state index in [0.29, 0.717) is 11.4 Å². The van der Waals surface area contributed by atoms with Crippen molar-refractivity contribution >= 4 is 33.6 Å². The third kappa shape index (κ3) is 4.86. The van der Waals surface area contributed by atoms with E-state index in [4.69, 9.17) is 9.47 Å². The van der Waals surface area contributed by atoms with Crippen LogP contribution in [0.5, 0.6) is 11.5 Å². The zero-order valence-electron chi connectivity index (χ0n) is 18.4. The van der Waals surface area contributed by atoms with Crippen LogP contribution < -0.4 is 14.8 Å². The minimum absolute atomic E-state index is 0.0684. The van der Waals surface area contributed by atoms with E-state index in [0.717, 1.165) is 11.3 Å². The van der Waals surface area contributed by atoms with Crippen molar-refractivity contribution in [3.05, 3.63) is 54.1 Å². The van der Waals surface area contributed by atoms with E-state index < -0.39 is 16.1 Å². The van der Waals surface area contributed by atoms with Crippen molar-refractivity contribution in [2.24, 2.45) is 0 Å². The molecule has 1 fully saturated rings. The summed E-state index contributed by atoms with van der Waals surface area (Å²) in [5, 5.41) is 2.67. The van der Waals surface area contributed by atoms with Crippen LogP contribution in [0.2, 0.25) is 0 Å². The second kappa shape index (κ2) is 9.24. The first-order valence-electron chi connectivity index (χ1n) is 10.5. The molecule has 2 amide bonds. The molecule has 0 unspecified atom stereocenters.